The first-order valence-corrected chi connectivity index (χ1v) is 17.1. The summed E-state index contributed by atoms with van der Waals surface area (Å²) in [4.78, 5) is 0. The minimum absolute atomic E-state index is 0.454. The monoisotopic (exact) mass is 1180 g/mol. The lowest BCUT2D eigenvalue weighted by Crippen LogP contribution is -2.63. The van der Waals surface area contributed by atoms with Crippen molar-refractivity contribution >= 4 is 207 Å². The van der Waals surface area contributed by atoms with E-state index in [4.69, 9.17) is 0 Å². The minimum Gasteiger partial charge on any atom is -0.0701 e. The summed E-state index contributed by atoms with van der Waals surface area (Å²) in [7, 11) is 0. The van der Waals surface area contributed by atoms with Gasteiger partial charge in [-0.3, -0.25) is 0 Å². The van der Waals surface area contributed by atoms with E-state index in [1.807, 2.05) is 0 Å². The molecule has 0 rings (SSSR count). The first kappa shape index (κ1) is 31.2. The molecule has 0 saturated heterocycles. The van der Waals surface area contributed by atoms with Crippen LogP contribution in [0.4, 0.5) is 0 Å². The Morgan fingerprint density at radius 3 is 1.24 bits per heavy atom. The van der Waals surface area contributed by atoms with Gasteiger partial charge in [-0.15, -0.1) is 0 Å². The lowest BCUT2D eigenvalue weighted by Gasteiger charge is -2.54. The van der Waals surface area contributed by atoms with Crippen LogP contribution in [0.2, 0.25) is 0 Å². The number of rotatable bonds is 9. The maximum absolute atomic E-state index is 3.87. The summed E-state index contributed by atoms with van der Waals surface area (Å²) in [5, 5.41) is 0. The summed E-state index contributed by atoms with van der Waals surface area (Å²) in [6.07, 6.45) is 5.61. The number of unbranched alkanes of at least 4 members (excludes halogenated alkanes) is 3. The summed E-state index contributed by atoms with van der Waals surface area (Å²) in [6, 6.07) is 0. The Hall–Kier alpha value is 6.24. The third-order valence-electron chi connectivity index (χ3n) is 3.34. The predicted molar refractivity (Wildman–Crippen MR) is 161 cm³/mol. The van der Waals surface area contributed by atoms with Gasteiger partial charge >= 0.3 is 0 Å². The second-order valence-corrected chi connectivity index (χ2v) is 29.6. The molecule has 0 aliphatic carbocycles. The number of halogens is 13. The zero-order valence-corrected chi connectivity index (χ0v) is 33.1. The fraction of sp³-hybridized carbons (Fsp3) is 1.00. The van der Waals surface area contributed by atoms with Crippen LogP contribution in [0.5, 0.6) is 0 Å². The molecule has 0 aliphatic rings. The summed E-state index contributed by atoms with van der Waals surface area (Å²) >= 11 is 49.1. The van der Waals surface area contributed by atoms with E-state index in [0.717, 1.165) is 12.8 Å². The zero-order chi connectivity index (χ0) is 20.5. The van der Waals surface area contributed by atoms with Crippen LogP contribution in [0.15, 0.2) is 0 Å². The summed E-state index contributed by atoms with van der Waals surface area (Å²) in [5.74, 6) is 0. The fourth-order valence-electron chi connectivity index (χ4n) is 1.73. The van der Waals surface area contributed by atoms with Crippen LogP contribution in [0.3, 0.4) is 0 Å². The maximum atomic E-state index is 3.87. The van der Waals surface area contributed by atoms with Crippen molar-refractivity contribution in [2.75, 3.05) is 0 Å². The van der Waals surface area contributed by atoms with Crippen molar-refractivity contribution in [2.45, 2.75) is 57.3 Å². The molecule has 25 heavy (non-hydrogen) atoms. The van der Waals surface area contributed by atoms with E-state index in [9.17, 15) is 0 Å². The second kappa shape index (κ2) is 11.6. The Morgan fingerprint density at radius 1 is 0.480 bits per heavy atom. The number of hydrogen-bond donors (Lipinski definition) is 0. The molecule has 152 valence electrons. The van der Waals surface area contributed by atoms with Crippen molar-refractivity contribution in [3.63, 3.8) is 0 Å². The molecule has 0 aromatic heterocycles. The molecule has 0 radical (unpaired) electrons. The van der Waals surface area contributed by atoms with E-state index in [2.05, 4.69) is 214 Å². The second-order valence-electron chi connectivity index (χ2n) is 5.31. The van der Waals surface area contributed by atoms with Gasteiger partial charge in [-0.05, 0) is 6.42 Å². The van der Waals surface area contributed by atoms with Gasteiger partial charge in [0.2, 0.25) is 0 Å². The third kappa shape index (κ3) is 7.11. The first-order chi connectivity index (χ1) is 10.8. The van der Waals surface area contributed by atoms with Gasteiger partial charge in [0.1, 0.15) is 16.2 Å². The Bertz CT molecular complexity index is 435. The van der Waals surface area contributed by atoms with Gasteiger partial charge in [0, 0.05) is 0 Å². The number of alkyl halides is 13. The average Bonchev–Trinajstić information content (AvgIpc) is 2.41. The van der Waals surface area contributed by atoms with Crippen LogP contribution >= 0.6 is 207 Å². The largest absolute Gasteiger partial charge is 0.162 e. The SMILES string of the molecule is CCCCCCC(Br)(Br)C(Br)(Br)C(Br)(Br)C(Br)(Br)C(Br)(Br)C(Br)(Br)Br. The van der Waals surface area contributed by atoms with E-state index in [0.29, 0.717) is 0 Å². The van der Waals surface area contributed by atoms with Gasteiger partial charge in [0.15, 0.2) is 2.14 Å². The smallest absolute Gasteiger partial charge is 0.0701 e. The van der Waals surface area contributed by atoms with Gasteiger partial charge < -0.3 is 0 Å². The molecule has 0 bridgehead atoms. The topological polar surface area (TPSA) is 0 Å². The third-order valence-corrected chi connectivity index (χ3v) is 28.5. The highest BCUT2D eigenvalue weighted by molar-refractivity contribution is 9.42. The highest BCUT2D eigenvalue weighted by Gasteiger charge is 2.72. The van der Waals surface area contributed by atoms with E-state index in [1.54, 1.807) is 0 Å². The number of hydrogen-bond acceptors (Lipinski definition) is 0. The first-order valence-electron chi connectivity index (χ1n) is 6.77. The van der Waals surface area contributed by atoms with Crippen molar-refractivity contribution in [2.24, 2.45) is 0 Å². The van der Waals surface area contributed by atoms with Gasteiger partial charge in [0.25, 0.3) is 0 Å². The molecule has 0 spiro atoms. The van der Waals surface area contributed by atoms with Crippen LogP contribution in [0.1, 0.15) is 39.0 Å². The van der Waals surface area contributed by atoms with Crippen molar-refractivity contribution in [3.05, 3.63) is 0 Å². The highest BCUT2D eigenvalue weighted by Crippen LogP contribution is 2.74. The lowest BCUT2D eigenvalue weighted by molar-refractivity contribution is 0.555. The molecule has 0 N–H and O–H groups in total. The molecule has 0 nitrogen and oxygen atoms in total. The molecule has 0 heterocycles. The molecule has 0 aliphatic heterocycles. The molecular formula is C12H13Br13. The van der Waals surface area contributed by atoms with Crippen molar-refractivity contribution in [1.82, 2.24) is 0 Å². The van der Waals surface area contributed by atoms with E-state index in [1.165, 1.54) is 19.3 Å². The normalized spacial score (nSPS) is 15.6. The Kier molecular flexibility index (Phi) is 14.5. The summed E-state index contributed by atoms with van der Waals surface area (Å²) in [6.45, 7) is 2.21. The predicted octanol–water partition coefficient (Wildman–Crippen LogP) is 12.2. The maximum Gasteiger partial charge on any atom is 0.162 e. The van der Waals surface area contributed by atoms with E-state index >= 15 is 0 Å². The molecule has 0 fully saturated rings. The molecule has 0 aromatic rings. The Balaban J connectivity index is 5.79. The van der Waals surface area contributed by atoms with Crippen molar-refractivity contribution in [3.8, 4) is 0 Å². The molecule has 0 unspecified atom stereocenters. The minimum atomic E-state index is -0.792. The molecule has 13 heteroatoms. The fourth-order valence-corrected chi connectivity index (χ4v) is 12.6. The molecule has 0 aromatic carbocycles. The average molecular weight is 1200 g/mol. The summed E-state index contributed by atoms with van der Waals surface area (Å²) < 4.78 is -4.13. The summed E-state index contributed by atoms with van der Waals surface area (Å²) in [5.41, 5.74) is 0. The van der Waals surface area contributed by atoms with Crippen molar-refractivity contribution in [1.29, 1.82) is 0 Å². The molecule has 0 amide bonds. The van der Waals surface area contributed by atoms with Gasteiger partial charge in [-0.25, -0.2) is 0 Å². The van der Waals surface area contributed by atoms with Crippen LogP contribution < -0.4 is 0 Å². The molecule has 0 saturated carbocycles. The van der Waals surface area contributed by atoms with E-state index in [-0.39, 0.29) is 0 Å². The highest BCUT2D eigenvalue weighted by atomic mass is 80.0. The molecular weight excluding hydrogens is 1180 g/mol. The zero-order valence-electron chi connectivity index (χ0n) is 12.4. The van der Waals surface area contributed by atoms with Crippen LogP contribution in [0.25, 0.3) is 0 Å². The van der Waals surface area contributed by atoms with Crippen LogP contribution in [-0.4, -0.2) is 18.3 Å². The quantitative estimate of drug-likeness (QED) is 0.159. The van der Waals surface area contributed by atoms with Gasteiger partial charge in [0.05, 0.1) is 0 Å². The van der Waals surface area contributed by atoms with Crippen molar-refractivity contribution < 1.29 is 0 Å². The Morgan fingerprint density at radius 2 is 0.880 bits per heavy atom. The van der Waals surface area contributed by atoms with Gasteiger partial charge in [-0.2, -0.15) is 0 Å². The lowest BCUT2D eigenvalue weighted by atomic mass is 10.1. The Labute approximate surface area is 259 Å². The van der Waals surface area contributed by atoms with E-state index < -0.39 is 18.3 Å². The molecule has 0 atom stereocenters. The standard InChI is InChI=1S/C12H13Br13/c1-2-3-4-5-6-7(13,14)8(15,16)9(17,18)10(19,20)11(21,22)12(23,24)25/h2-6H2,1H3. The van der Waals surface area contributed by atoms with Crippen LogP contribution in [-0.2, 0) is 0 Å². The van der Waals surface area contributed by atoms with Gasteiger partial charge in [-0.1, -0.05) is 240 Å². The van der Waals surface area contributed by atoms with Crippen LogP contribution in [0, 0.1) is 0 Å².